The topological polar surface area (TPSA) is 8.17 Å². The lowest BCUT2D eigenvalue weighted by molar-refractivity contribution is 0.184. The summed E-state index contributed by atoms with van der Waals surface area (Å²) in [6.45, 7) is 0. The van der Waals surface area contributed by atoms with Crippen molar-refractivity contribution in [1.82, 2.24) is 9.47 Å². The Kier molecular flexibility index (Phi) is 5.46. The van der Waals surface area contributed by atoms with E-state index in [0.717, 1.165) is 6.42 Å². The van der Waals surface area contributed by atoms with Gasteiger partial charge in [-0.15, -0.1) is 0 Å². The van der Waals surface area contributed by atoms with E-state index in [0.29, 0.717) is 23.9 Å². The number of hydrogen-bond donors (Lipinski definition) is 0. The van der Waals surface area contributed by atoms with Crippen LogP contribution >= 0.6 is 0 Å². The minimum absolute atomic E-state index is 0.487. The molecule has 0 spiro atoms. The molecule has 0 radical (unpaired) electrons. The Bertz CT molecular complexity index is 1650. The molecule has 2 nitrogen and oxygen atoms in total. The molecule has 4 aliphatic rings. The summed E-state index contributed by atoms with van der Waals surface area (Å²) < 4.78 is 2.41. The van der Waals surface area contributed by atoms with E-state index < -0.39 is 0 Å². The van der Waals surface area contributed by atoms with E-state index in [1.54, 1.807) is 11.3 Å². The van der Waals surface area contributed by atoms with Gasteiger partial charge in [0.25, 0.3) is 0 Å². The van der Waals surface area contributed by atoms with E-state index in [9.17, 15) is 0 Å². The van der Waals surface area contributed by atoms with E-state index in [-0.39, 0.29) is 0 Å². The van der Waals surface area contributed by atoms with E-state index in [1.165, 1.54) is 58.7 Å². The molecule has 3 aromatic carbocycles. The molecule has 0 fully saturated rings. The number of fused-ring (bicyclic) bond motifs is 5. The molecule has 0 N–H and O–H groups in total. The normalized spacial score (nSPS) is 25.9. The van der Waals surface area contributed by atoms with Crippen molar-refractivity contribution >= 4 is 21.8 Å². The molecule has 3 aliphatic carbocycles. The SMILES string of the molecule is C1=CCC2=C(C=C1)C1C=CCCC1N2C1C=CC(c2ccc(-n3c4ccccc4c4ccccc43)cc2)CC1. The number of allylic oxidation sites excluding steroid dienone is 6. The van der Waals surface area contributed by atoms with Crippen molar-refractivity contribution < 1.29 is 0 Å². The number of para-hydroxylation sites is 2. The Morgan fingerprint density at radius 2 is 1.44 bits per heavy atom. The molecule has 2 heteroatoms. The summed E-state index contributed by atoms with van der Waals surface area (Å²) in [5, 5.41) is 2.63. The minimum atomic E-state index is 0.487. The molecule has 4 atom stereocenters. The van der Waals surface area contributed by atoms with Crippen molar-refractivity contribution in [2.75, 3.05) is 0 Å². The third-order valence-electron chi connectivity index (χ3n) is 9.44. The maximum absolute atomic E-state index is 2.81. The van der Waals surface area contributed by atoms with Gasteiger partial charge in [0.15, 0.2) is 0 Å². The Hall–Kier alpha value is -4.04. The van der Waals surface area contributed by atoms with Crippen molar-refractivity contribution in [3.8, 4) is 5.69 Å². The summed E-state index contributed by atoms with van der Waals surface area (Å²) >= 11 is 0. The third-order valence-corrected chi connectivity index (χ3v) is 9.44. The van der Waals surface area contributed by atoms with Gasteiger partial charge in [0, 0.05) is 52.5 Å². The predicted molar refractivity (Wildman–Crippen MR) is 163 cm³/mol. The van der Waals surface area contributed by atoms with Crippen LogP contribution in [0.3, 0.4) is 0 Å². The molecule has 1 aliphatic heterocycles. The maximum atomic E-state index is 2.81. The maximum Gasteiger partial charge on any atom is 0.0541 e. The smallest absolute Gasteiger partial charge is 0.0541 e. The van der Waals surface area contributed by atoms with Crippen LogP contribution in [-0.4, -0.2) is 21.6 Å². The molecule has 0 saturated heterocycles. The van der Waals surface area contributed by atoms with Crippen molar-refractivity contribution in [3.63, 3.8) is 0 Å². The van der Waals surface area contributed by atoms with Gasteiger partial charge in [0.05, 0.1) is 11.0 Å². The molecule has 4 aromatic rings. The first-order valence-corrected chi connectivity index (χ1v) is 14.6. The number of rotatable bonds is 3. The van der Waals surface area contributed by atoms with Crippen molar-refractivity contribution in [1.29, 1.82) is 0 Å². The zero-order chi connectivity index (χ0) is 25.8. The van der Waals surface area contributed by atoms with Gasteiger partial charge in [-0.1, -0.05) is 97.1 Å². The lowest BCUT2D eigenvalue weighted by Crippen LogP contribution is -2.42. The number of nitrogens with zero attached hydrogens (tertiary/aromatic N) is 2. The molecule has 8 rings (SSSR count). The molecule has 39 heavy (non-hydrogen) atoms. The Balaban J connectivity index is 1.08. The van der Waals surface area contributed by atoms with Gasteiger partial charge in [0.2, 0.25) is 0 Å². The molecule has 192 valence electrons. The zero-order valence-corrected chi connectivity index (χ0v) is 22.3. The highest BCUT2D eigenvalue weighted by molar-refractivity contribution is 6.09. The van der Waals surface area contributed by atoms with Crippen LogP contribution in [0.4, 0.5) is 0 Å². The predicted octanol–water partition coefficient (Wildman–Crippen LogP) is 9.01. The van der Waals surface area contributed by atoms with Gasteiger partial charge in [-0.3, -0.25) is 0 Å². The van der Waals surface area contributed by atoms with Crippen LogP contribution in [-0.2, 0) is 0 Å². The largest absolute Gasteiger partial charge is 0.364 e. The van der Waals surface area contributed by atoms with E-state index >= 15 is 0 Å². The first-order chi connectivity index (χ1) is 19.4. The zero-order valence-electron chi connectivity index (χ0n) is 22.3. The first-order valence-electron chi connectivity index (χ1n) is 14.6. The second-order valence-corrected chi connectivity index (χ2v) is 11.5. The van der Waals surface area contributed by atoms with Gasteiger partial charge >= 0.3 is 0 Å². The third kappa shape index (κ3) is 3.69. The lowest BCUT2D eigenvalue weighted by atomic mass is 9.84. The monoisotopic (exact) mass is 506 g/mol. The number of benzene rings is 3. The molecular weight excluding hydrogens is 472 g/mol. The van der Waals surface area contributed by atoms with Gasteiger partial charge in [-0.2, -0.15) is 0 Å². The second kappa shape index (κ2) is 9.31. The molecule has 1 aromatic heterocycles. The fourth-order valence-corrected chi connectivity index (χ4v) is 7.66. The molecule has 2 heterocycles. The van der Waals surface area contributed by atoms with Crippen LogP contribution in [0.5, 0.6) is 0 Å². The van der Waals surface area contributed by atoms with Crippen LogP contribution in [0, 0.1) is 5.92 Å². The highest BCUT2D eigenvalue weighted by atomic mass is 15.2. The van der Waals surface area contributed by atoms with Crippen molar-refractivity contribution in [2.24, 2.45) is 5.92 Å². The Morgan fingerprint density at radius 1 is 0.667 bits per heavy atom. The summed E-state index contributed by atoms with van der Waals surface area (Å²) in [4.78, 5) is 2.81. The number of aromatic nitrogens is 1. The molecule has 0 saturated carbocycles. The Labute approximate surface area is 230 Å². The first kappa shape index (κ1) is 22.9. The van der Waals surface area contributed by atoms with Crippen LogP contribution in [0.2, 0.25) is 0 Å². The summed E-state index contributed by atoms with van der Waals surface area (Å²) in [5.74, 6) is 1.05. The minimum Gasteiger partial charge on any atom is -0.364 e. The van der Waals surface area contributed by atoms with Gasteiger partial charge in [-0.25, -0.2) is 0 Å². The second-order valence-electron chi connectivity index (χ2n) is 11.5. The van der Waals surface area contributed by atoms with Crippen LogP contribution in [0.1, 0.15) is 43.6 Å². The average Bonchev–Trinajstić information content (AvgIpc) is 3.38. The summed E-state index contributed by atoms with van der Waals surface area (Å²) in [6, 6.07) is 28.0. The average molecular weight is 507 g/mol. The Morgan fingerprint density at radius 3 is 2.18 bits per heavy atom. The highest BCUT2D eigenvalue weighted by Crippen LogP contribution is 2.45. The van der Waals surface area contributed by atoms with Crippen LogP contribution in [0.15, 0.2) is 133 Å². The van der Waals surface area contributed by atoms with E-state index in [1.807, 2.05) is 0 Å². The molecule has 0 bridgehead atoms. The summed E-state index contributed by atoms with van der Waals surface area (Å²) in [5.41, 5.74) is 8.31. The van der Waals surface area contributed by atoms with Crippen molar-refractivity contribution in [3.05, 3.63) is 138 Å². The highest BCUT2D eigenvalue weighted by Gasteiger charge is 2.41. The summed E-state index contributed by atoms with van der Waals surface area (Å²) in [7, 11) is 0. The fraction of sp³-hybridized carbons (Fsp3) is 0.243. The van der Waals surface area contributed by atoms with E-state index in [4.69, 9.17) is 0 Å². The lowest BCUT2D eigenvalue weighted by Gasteiger charge is -2.40. The van der Waals surface area contributed by atoms with Crippen molar-refractivity contribution in [2.45, 2.75) is 50.1 Å². The van der Waals surface area contributed by atoms with Crippen LogP contribution < -0.4 is 0 Å². The fourth-order valence-electron chi connectivity index (χ4n) is 7.66. The van der Waals surface area contributed by atoms with E-state index in [2.05, 4.69) is 131 Å². The molecule has 4 unspecified atom stereocenters. The van der Waals surface area contributed by atoms with Gasteiger partial charge in [-0.05, 0) is 61.1 Å². The van der Waals surface area contributed by atoms with Gasteiger partial charge < -0.3 is 9.47 Å². The number of hydrogen-bond acceptors (Lipinski definition) is 1. The van der Waals surface area contributed by atoms with Crippen LogP contribution in [0.25, 0.3) is 27.5 Å². The quantitative estimate of drug-likeness (QED) is 0.252. The molecule has 0 amide bonds. The van der Waals surface area contributed by atoms with Gasteiger partial charge in [0.1, 0.15) is 0 Å². The summed E-state index contributed by atoms with van der Waals surface area (Å²) in [6.07, 6.45) is 25.0. The standard InChI is InChI=1S/C37H34N2/c1-2-10-30-31-11-4-7-15-35(31)38(34(30)14-3-1)28-22-18-26(19-23-28)27-20-24-29(25-21-27)39-36-16-8-5-12-32(36)33-13-6-9-17-37(33)39/h1-6,8-13,16-18,20-22,24-26,28,31,35H,7,14-15,19,23H2. The molecular formula is C37H34N2.